The lowest BCUT2D eigenvalue weighted by molar-refractivity contribution is 0.691. The second-order valence-corrected chi connectivity index (χ2v) is 4.78. The van der Waals surface area contributed by atoms with Crippen LogP contribution < -0.4 is 5.32 Å². The molecule has 0 radical (unpaired) electrons. The highest BCUT2D eigenvalue weighted by Gasteiger charge is 2.23. The Morgan fingerprint density at radius 3 is 2.77 bits per heavy atom. The lowest BCUT2D eigenvalue weighted by Gasteiger charge is -2.09. The van der Waals surface area contributed by atoms with Gasteiger partial charge in [-0.2, -0.15) is 0 Å². The van der Waals surface area contributed by atoms with Crippen LogP contribution in [0.1, 0.15) is 24.3 Å². The average Bonchev–Trinajstić information content (AvgIpc) is 2.67. The third-order valence-electron chi connectivity index (χ3n) is 2.42. The Labute approximate surface area is 83.9 Å². The summed E-state index contributed by atoms with van der Waals surface area (Å²) in [4.78, 5) is 0. The van der Waals surface area contributed by atoms with Gasteiger partial charge in [-0.15, -0.1) is 11.8 Å². The van der Waals surface area contributed by atoms with Crippen LogP contribution in [0.25, 0.3) is 0 Å². The first-order valence-corrected chi connectivity index (χ1v) is 5.78. The summed E-state index contributed by atoms with van der Waals surface area (Å²) < 4.78 is 0. The Hall–Kier alpha value is -0.470. The molecule has 1 aliphatic heterocycles. The number of nitrogens with one attached hydrogen (secondary N) is 1. The van der Waals surface area contributed by atoms with Crippen LogP contribution >= 0.6 is 11.8 Å². The zero-order chi connectivity index (χ0) is 9.10. The molecule has 1 aliphatic rings. The summed E-state index contributed by atoms with van der Waals surface area (Å²) in [5.74, 6) is 0. The van der Waals surface area contributed by atoms with E-state index in [2.05, 4.69) is 54.3 Å². The number of rotatable bonds is 2. The van der Waals surface area contributed by atoms with Gasteiger partial charge in [0.25, 0.3) is 0 Å². The topological polar surface area (TPSA) is 12.0 Å². The van der Waals surface area contributed by atoms with Crippen LogP contribution in [-0.2, 0) is 0 Å². The van der Waals surface area contributed by atoms with E-state index in [1.54, 1.807) is 0 Å². The van der Waals surface area contributed by atoms with E-state index in [0.717, 1.165) is 11.8 Å². The average molecular weight is 193 g/mol. The molecule has 1 saturated heterocycles. The molecule has 2 heteroatoms. The van der Waals surface area contributed by atoms with Gasteiger partial charge in [-0.05, 0) is 12.0 Å². The molecular weight excluding hydrogens is 178 g/mol. The smallest absolute Gasteiger partial charge is 0.0793 e. The van der Waals surface area contributed by atoms with Crippen molar-refractivity contribution in [3.8, 4) is 0 Å². The summed E-state index contributed by atoms with van der Waals surface area (Å²) in [5.41, 5.74) is 1.41. The quantitative estimate of drug-likeness (QED) is 0.775. The zero-order valence-electron chi connectivity index (χ0n) is 7.86. The molecule has 70 valence electrons. The predicted octanol–water partition coefficient (Wildman–Crippen LogP) is 2.80. The molecule has 2 atom stereocenters. The molecule has 1 heterocycles. The molecule has 0 aromatic heterocycles. The van der Waals surface area contributed by atoms with Gasteiger partial charge in [0, 0.05) is 11.8 Å². The molecule has 0 amide bonds. The summed E-state index contributed by atoms with van der Waals surface area (Å²) in [6.07, 6.45) is 1.26. The van der Waals surface area contributed by atoms with Crippen molar-refractivity contribution < 1.29 is 0 Å². The van der Waals surface area contributed by atoms with Gasteiger partial charge in [-0.3, -0.25) is 0 Å². The Balaban J connectivity index is 2.04. The minimum atomic E-state index is 0.520. The fourth-order valence-electron chi connectivity index (χ4n) is 1.59. The molecule has 0 bridgehead atoms. The van der Waals surface area contributed by atoms with Gasteiger partial charge in [0.15, 0.2) is 0 Å². The number of hydrogen-bond acceptors (Lipinski definition) is 2. The second-order valence-electron chi connectivity index (χ2n) is 3.37. The van der Waals surface area contributed by atoms with Gasteiger partial charge in [-0.1, -0.05) is 37.3 Å². The summed E-state index contributed by atoms with van der Waals surface area (Å²) >= 11 is 2.05. The van der Waals surface area contributed by atoms with Gasteiger partial charge in [0.05, 0.1) is 5.37 Å². The van der Waals surface area contributed by atoms with Crippen molar-refractivity contribution in [2.24, 2.45) is 0 Å². The van der Waals surface area contributed by atoms with Crippen molar-refractivity contribution in [2.75, 3.05) is 6.54 Å². The van der Waals surface area contributed by atoms with Crippen LogP contribution in [0.4, 0.5) is 0 Å². The van der Waals surface area contributed by atoms with Crippen LogP contribution in [-0.4, -0.2) is 11.8 Å². The van der Waals surface area contributed by atoms with Gasteiger partial charge in [0.2, 0.25) is 0 Å². The van der Waals surface area contributed by atoms with E-state index in [0.29, 0.717) is 5.37 Å². The van der Waals surface area contributed by atoms with Gasteiger partial charge >= 0.3 is 0 Å². The van der Waals surface area contributed by atoms with Gasteiger partial charge in [-0.25, -0.2) is 0 Å². The van der Waals surface area contributed by atoms with E-state index in [-0.39, 0.29) is 0 Å². The first-order valence-electron chi connectivity index (χ1n) is 4.84. The number of benzene rings is 1. The Kier molecular flexibility index (Phi) is 2.91. The summed E-state index contributed by atoms with van der Waals surface area (Å²) in [6.45, 7) is 3.41. The van der Waals surface area contributed by atoms with Crippen LogP contribution in [0.3, 0.4) is 0 Å². The van der Waals surface area contributed by atoms with Crippen LogP contribution in [0.5, 0.6) is 0 Å². The molecule has 0 aliphatic carbocycles. The molecule has 1 fully saturated rings. The normalized spacial score (nSPS) is 27.8. The molecule has 0 spiro atoms. The third-order valence-corrected chi connectivity index (χ3v) is 4.01. The molecule has 1 aromatic carbocycles. The molecular formula is C11H15NS. The molecule has 1 aromatic rings. The van der Waals surface area contributed by atoms with Gasteiger partial charge < -0.3 is 5.32 Å². The van der Waals surface area contributed by atoms with Crippen molar-refractivity contribution >= 4 is 11.8 Å². The molecule has 1 nitrogen and oxygen atoms in total. The van der Waals surface area contributed by atoms with Crippen molar-refractivity contribution in [1.29, 1.82) is 0 Å². The van der Waals surface area contributed by atoms with Crippen LogP contribution in [0, 0.1) is 0 Å². The monoisotopic (exact) mass is 193 g/mol. The minimum absolute atomic E-state index is 0.520. The van der Waals surface area contributed by atoms with Crippen LogP contribution in [0.2, 0.25) is 0 Å². The third kappa shape index (κ3) is 2.06. The summed E-state index contributed by atoms with van der Waals surface area (Å²) in [7, 11) is 0. The number of hydrogen-bond donors (Lipinski definition) is 1. The first-order chi connectivity index (χ1) is 6.40. The van der Waals surface area contributed by atoms with E-state index >= 15 is 0 Å². The highest BCUT2D eigenvalue weighted by molar-refractivity contribution is 8.00. The largest absolute Gasteiger partial charge is 0.301 e. The molecule has 2 rings (SSSR count). The van der Waals surface area contributed by atoms with Crippen molar-refractivity contribution in [1.82, 2.24) is 5.32 Å². The molecule has 0 saturated carbocycles. The summed E-state index contributed by atoms with van der Waals surface area (Å²) in [6, 6.07) is 10.7. The lowest BCUT2D eigenvalue weighted by Crippen LogP contribution is -2.14. The minimum Gasteiger partial charge on any atom is -0.301 e. The maximum Gasteiger partial charge on any atom is 0.0793 e. The Morgan fingerprint density at radius 1 is 1.38 bits per heavy atom. The molecule has 2 unspecified atom stereocenters. The van der Waals surface area contributed by atoms with Crippen LogP contribution in [0.15, 0.2) is 30.3 Å². The Morgan fingerprint density at radius 2 is 2.15 bits per heavy atom. The fraction of sp³-hybridized carbons (Fsp3) is 0.455. The molecule has 13 heavy (non-hydrogen) atoms. The van der Waals surface area contributed by atoms with E-state index < -0.39 is 0 Å². The van der Waals surface area contributed by atoms with E-state index in [4.69, 9.17) is 0 Å². The maximum absolute atomic E-state index is 3.54. The second kappa shape index (κ2) is 4.16. The SMILES string of the molecule is CCC1CNC(c2ccccc2)S1. The maximum atomic E-state index is 3.54. The lowest BCUT2D eigenvalue weighted by atomic mass is 10.2. The Bertz CT molecular complexity index is 260. The first kappa shape index (κ1) is 9.10. The zero-order valence-corrected chi connectivity index (χ0v) is 8.68. The fourth-order valence-corrected chi connectivity index (χ4v) is 2.87. The predicted molar refractivity (Wildman–Crippen MR) is 58.9 cm³/mol. The highest BCUT2D eigenvalue weighted by Crippen LogP contribution is 2.35. The van der Waals surface area contributed by atoms with E-state index in [1.807, 2.05) is 0 Å². The molecule has 1 N–H and O–H groups in total. The van der Waals surface area contributed by atoms with Gasteiger partial charge in [0.1, 0.15) is 0 Å². The highest BCUT2D eigenvalue weighted by atomic mass is 32.2. The van der Waals surface area contributed by atoms with Crippen molar-refractivity contribution in [3.05, 3.63) is 35.9 Å². The van der Waals surface area contributed by atoms with Crippen molar-refractivity contribution in [2.45, 2.75) is 24.0 Å². The van der Waals surface area contributed by atoms with E-state index in [9.17, 15) is 0 Å². The number of thioether (sulfide) groups is 1. The summed E-state index contributed by atoms with van der Waals surface area (Å²) in [5, 5.41) is 4.85. The standard InChI is InChI=1S/C11H15NS/c1-2-10-8-12-11(13-10)9-6-4-3-5-7-9/h3-7,10-12H,2,8H2,1H3. The van der Waals surface area contributed by atoms with E-state index in [1.165, 1.54) is 12.0 Å². The van der Waals surface area contributed by atoms with Crippen molar-refractivity contribution in [3.63, 3.8) is 0 Å².